The number of hydrogen-bond donors (Lipinski definition) is 1. The summed E-state index contributed by atoms with van der Waals surface area (Å²) in [6.45, 7) is 2.10. The summed E-state index contributed by atoms with van der Waals surface area (Å²) < 4.78 is 1.22. The molecule has 2 aromatic carbocycles. The Bertz CT molecular complexity index is 975. The Hall–Kier alpha value is -2.20. The third-order valence-corrected chi connectivity index (χ3v) is 7.09. The minimum atomic E-state index is 0.209. The van der Waals surface area contributed by atoms with Crippen LogP contribution in [-0.2, 0) is 4.79 Å². The molecule has 132 valence electrons. The number of anilines is 1. The van der Waals surface area contributed by atoms with Gasteiger partial charge in [0.25, 0.3) is 0 Å². The fourth-order valence-corrected chi connectivity index (χ4v) is 5.72. The first-order valence-corrected chi connectivity index (χ1v) is 10.3. The number of carbonyl (C=O) groups excluding carboxylic acids is 1. The van der Waals surface area contributed by atoms with Gasteiger partial charge in [-0.3, -0.25) is 4.79 Å². The second-order valence-electron chi connectivity index (χ2n) is 7.84. The van der Waals surface area contributed by atoms with Gasteiger partial charge in [0.05, 0.1) is 10.2 Å². The number of aromatic nitrogens is 1. The maximum absolute atomic E-state index is 12.6. The molecule has 1 amide bonds. The number of nitrogens with one attached hydrogen (secondary N) is 1. The molecule has 0 aliphatic heterocycles. The van der Waals surface area contributed by atoms with Crippen molar-refractivity contribution in [2.24, 2.45) is 17.8 Å². The molecular weight excluding hydrogens is 340 g/mol. The minimum absolute atomic E-state index is 0.209. The van der Waals surface area contributed by atoms with Crippen LogP contribution in [0.2, 0.25) is 0 Å². The molecule has 1 N–H and O–H groups in total. The largest absolute Gasteiger partial charge is 0.326 e. The number of carbonyl (C=O) groups is 1. The lowest BCUT2D eigenvalue weighted by Crippen LogP contribution is -2.27. The van der Waals surface area contributed by atoms with Crippen LogP contribution in [0.15, 0.2) is 42.5 Å². The quantitative estimate of drug-likeness (QED) is 0.654. The van der Waals surface area contributed by atoms with Crippen LogP contribution < -0.4 is 5.32 Å². The molecule has 2 saturated carbocycles. The number of fused-ring (bicyclic) bond motifs is 3. The summed E-state index contributed by atoms with van der Waals surface area (Å²) in [5.41, 5.74) is 4.29. The van der Waals surface area contributed by atoms with Crippen LogP contribution in [0.5, 0.6) is 0 Å². The first-order chi connectivity index (χ1) is 12.7. The summed E-state index contributed by atoms with van der Waals surface area (Å²) in [6.07, 6.45) is 4.90. The Morgan fingerprint density at radius 2 is 1.96 bits per heavy atom. The van der Waals surface area contributed by atoms with E-state index in [0.29, 0.717) is 5.92 Å². The standard InChI is InChI=1S/C22H22N2OS/c1-13-2-9-19-20(10-13)26-22(24-19)15-5-7-17(8-6-15)23-21(25)18-12-14-3-4-16(18)11-14/h2,5-10,14,16,18H,3-4,11-12H2,1H3,(H,23,25)/t14-,16+,18+/m0/s1. The van der Waals surface area contributed by atoms with Crippen LogP contribution in [0, 0.1) is 24.7 Å². The first kappa shape index (κ1) is 16.0. The lowest BCUT2D eigenvalue weighted by Gasteiger charge is -2.20. The second-order valence-corrected chi connectivity index (χ2v) is 8.87. The van der Waals surface area contributed by atoms with Crippen LogP contribution in [0.25, 0.3) is 20.8 Å². The van der Waals surface area contributed by atoms with Gasteiger partial charge < -0.3 is 5.32 Å². The number of aryl methyl sites for hydroxylation is 1. The fourth-order valence-electron chi connectivity index (χ4n) is 4.65. The Morgan fingerprint density at radius 3 is 2.69 bits per heavy atom. The molecule has 1 heterocycles. The summed E-state index contributed by atoms with van der Waals surface area (Å²) in [6, 6.07) is 14.5. The van der Waals surface area contributed by atoms with Gasteiger partial charge in [-0.05, 0) is 80.0 Å². The molecule has 0 radical (unpaired) electrons. The van der Waals surface area contributed by atoms with E-state index in [2.05, 4.69) is 42.6 Å². The molecule has 3 nitrogen and oxygen atoms in total. The van der Waals surface area contributed by atoms with Gasteiger partial charge in [0.1, 0.15) is 5.01 Å². The Balaban J connectivity index is 1.32. The molecular formula is C22H22N2OS. The number of rotatable bonds is 3. The van der Waals surface area contributed by atoms with E-state index in [1.54, 1.807) is 11.3 Å². The number of benzene rings is 2. The molecule has 3 atom stereocenters. The molecule has 1 aromatic heterocycles. The van der Waals surface area contributed by atoms with E-state index in [1.807, 2.05) is 12.1 Å². The molecule has 2 aliphatic carbocycles. The molecule has 3 aromatic rings. The fraction of sp³-hybridized carbons (Fsp3) is 0.364. The molecule has 26 heavy (non-hydrogen) atoms. The summed E-state index contributed by atoms with van der Waals surface area (Å²) in [5.74, 6) is 1.84. The van der Waals surface area contributed by atoms with Crippen molar-refractivity contribution in [2.45, 2.75) is 32.6 Å². The van der Waals surface area contributed by atoms with Crippen LogP contribution in [0.4, 0.5) is 5.69 Å². The van der Waals surface area contributed by atoms with Gasteiger partial charge in [0, 0.05) is 17.2 Å². The maximum Gasteiger partial charge on any atom is 0.227 e. The summed E-state index contributed by atoms with van der Waals surface area (Å²) in [4.78, 5) is 17.3. The summed E-state index contributed by atoms with van der Waals surface area (Å²) in [5, 5.41) is 4.15. The van der Waals surface area contributed by atoms with Crippen molar-refractivity contribution in [3.63, 3.8) is 0 Å². The van der Waals surface area contributed by atoms with E-state index in [0.717, 1.165) is 34.1 Å². The van der Waals surface area contributed by atoms with E-state index >= 15 is 0 Å². The van der Waals surface area contributed by atoms with E-state index in [-0.39, 0.29) is 11.8 Å². The molecule has 0 unspecified atom stereocenters. The lowest BCUT2D eigenvalue weighted by atomic mass is 9.88. The molecule has 0 spiro atoms. The van der Waals surface area contributed by atoms with E-state index in [9.17, 15) is 4.79 Å². The average molecular weight is 362 g/mol. The first-order valence-electron chi connectivity index (χ1n) is 9.44. The van der Waals surface area contributed by atoms with E-state index < -0.39 is 0 Å². The second kappa shape index (κ2) is 6.20. The third-order valence-electron chi connectivity index (χ3n) is 6.02. The van der Waals surface area contributed by atoms with Gasteiger partial charge >= 0.3 is 0 Å². The number of nitrogens with zero attached hydrogens (tertiary/aromatic N) is 1. The van der Waals surface area contributed by atoms with Gasteiger partial charge in [-0.1, -0.05) is 12.5 Å². The van der Waals surface area contributed by atoms with Gasteiger partial charge in [-0.25, -0.2) is 4.98 Å². The zero-order valence-electron chi connectivity index (χ0n) is 14.9. The molecule has 2 fully saturated rings. The number of amides is 1. The molecule has 0 saturated heterocycles. The highest BCUT2D eigenvalue weighted by Gasteiger charge is 2.42. The third kappa shape index (κ3) is 2.82. The van der Waals surface area contributed by atoms with Crippen LogP contribution in [-0.4, -0.2) is 10.9 Å². The number of thiazole rings is 1. The predicted molar refractivity (Wildman–Crippen MR) is 107 cm³/mol. The molecule has 2 aliphatic rings. The van der Waals surface area contributed by atoms with Crippen molar-refractivity contribution >= 4 is 33.1 Å². The topological polar surface area (TPSA) is 42.0 Å². The highest BCUT2D eigenvalue weighted by atomic mass is 32.1. The lowest BCUT2D eigenvalue weighted by molar-refractivity contribution is -0.121. The van der Waals surface area contributed by atoms with Crippen molar-refractivity contribution in [1.29, 1.82) is 0 Å². The normalized spacial score (nSPS) is 24.3. The minimum Gasteiger partial charge on any atom is -0.326 e. The van der Waals surface area contributed by atoms with Crippen molar-refractivity contribution in [3.05, 3.63) is 48.0 Å². The van der Waals surface area contributed by atoms with Crippen molar-refractivity contribution in [3.8, 4) is 10.6 Å². The number of hydrogen-bond acceptors (Lipinski definition) is 3. The zero-order valence-corrected chi connectivity index (χ0v) is 15.7. The van der Waals surface area contributed by atoms with Crippen molar-refractivity contribution < 1.29 is 4.79 Å². The van der Waals surface area contributed by atoms with Crippen molar-refractivity contribution in [2.75, 3.05) is 5.32 Å². The predicted octanol–water partition coefficient (Wildman–Crippen LogP) is 5.65. The SMILES string of the molecule is Cc1ccc2nc(-c3ccc(NC(=O)[C@@H]4C[C@H]5CC[C@@H]4C5)cc3)sc2c1. The van der Waals surface area contributed by atoms with Crippen molar-refractivity contribution in [1.82, 2.24) is 4.98 Å². The maximum atomic E-state index is 12.6. The van der Waals surface area contributed by atoms with E-state index in [1.165, 1.54) is 29.5 Å². The molecule has 5 rings (SSSR count). The van der Waals surface area contributed by atoms with Crippen LogP contribution in [0.1, 0.15) is 31.2 Å². The summed E-state index contributed by atoms with van der Waals surface area (Å²) >= 11 is 1.71. The van der Waals surface area contributed by atoms with Crippen LogP contribution in [0.3, 0.4) is 0 Å². The highest BCUT2D eigenvalue weighted by molar-refractivity contribution is 7.21. The van der Waals surface area contributed by atoms with Gasteiger partial charge in [0.15, 0.2) is 0 Å². The Kier molecular flexibility index (Phi) is 3.82. The molecule has 4 heteroatoms. The zero-order chi connectivity index (χ0) is 17.7. The Labute approximate surface area is 157 Å². The van der Waals surface area contributed by atoms with E-state index in [4.69, 9.17) is 4.98 Å². The van der Waals surface area contributed by atoms with Gasteiger partial charge in [-0.2, -0.15) is 0 Å². The monoisotopic (exact) mass is 362 g/mol. The Morgan fingerprint density at radius 1 is 1.12 bits per heavy atom. The van der Waals surface area contributed by atoms with Crippen LogP contribution >= 0.6 is 11.3 Å². The molecule has 2 bridgehead atoms. The smallest absolute Gasteiger partial charge is 0.227 e. The highest BCUT2D eigenvalue weighted by Crippen LogP contribution is 2.48. The summed E-state index contributed by atoms with van der Waals surface area (Å²) in [7, 11) is 0. The van der Waals surface area contributed by atoms with Gasteiger partial charge in [0.2, 0.25) is 5.91 Å². The average Bonchev–Trinajstić information content (AvgIpc) is 3.37. The van der Waals surface area contributed by atoms with Gasteiger partial charge in [-0.15, -0.1) is 11.3 Å².